The van der Waals surface area contributed by atoms with Crippen LogP contribution in [0.5, 0.6) is 0 Å². The first-order valence-electron chi connectivity index (χ1n) is 8.00. The molecule has 0 spiro atoms. The van der Waals surface area contributed by atoms with Gasteiger partial charge in [-0.05, 0) is 26.0 Å². The highest BCUT2D eigenvalue weighted by atomic mass is 35.5. The van der Waals surface area contributed by atoms with Crippen molar-refractivity contribution in [1.82, 2.24) is 9.88 Å². The smallest absolute Gasteiger partial charge is 0.259 e. The maximum absolute atomic E-state index is 12.4. The summed E-state index contributed by atoms with van der Waals surface area (Å²) in [4.78, 5) is 19.2. The molecule has 1 aliphatic rings. The first-order valence-corrected chi connectivity index (χ1v) is 9.63. The Kier molecular flexibility index (Phi) is 5.96. The number of rotatable bonds is 4. The highest BCUT2D eigenvalue weighted by Crippen LogP contribution is 2.27. The summed E-state index contributed by atoms with van der Waals surface area (Å²) in [7, 11) is 0. The van der Waals surface area contributed by atoms with Gasteiger partial charge in [0.15, 0.2) is 5.13 Å². The Bertz CT molecular complexity index is 758. The number of ether oxygens (including phenoxy) is 1. The lowest BCUT2D eigenvalue weighted by atomic mass is 10.2. The van der Waals surface area contributed by atoms with Crippen molar-refractivity contribution in [1.29, 1.82) is 0 Å². The van der Waals surface area contributed by atoms with E-state index >= 15 is 0 Å². The van der Waals surface area contributed by atoms with Crippen LogP contribution in [0.3, 0.4) is 0 Å². The van der Waals surface area contributed by atoms with Crippen LogP contribution in [0.2, 0.25) is 10.0 Å². The van der Waals surface area contributed by atoms with Crippen molar-refractivity contribution < 1.29 is 9.53 Å². The molecule has 2 heterocycles. The van der Waals surface area contributed by atoms with Crippen LogP contribution in [-0.2, 0) is 11.3 Å². The molecule has 2 aromatic rings. The number of carbonyl (C=O) groups is 1. The fourth-order valence-electron chi connectivity index (χ4n) is 2.92. The molecule has 0 saturated carbocycles. The Morgan fingerprint density at radius 1 is 1.36 bits per heavy atom. The third kappa shape index (κ3) is 4.71. The third-order valence-electron chi connectivity index (χ3n) is 3.85. The molecule has 0 radical (unpaired) electrons. The number of benzene rings is 1. The SMILES string of the molecule is C[C@H]1CN(Cc2csc(NC(=O)c3cccc(Cl)c3Cl)n2)C[C@H](C)O1. The summed E-state index contributed by atoms with van der Waals surface area (Å²) in [5, 5.41) is 5.89. The van der Waals surface area contributed by atoms with E-state index in [1.54, 1.807) is 18.2 Å². The van der Waals surface area contributed by atoms with E-state index in [2.05, 4.69) is 29.0 Å². The van der Waals surface area contributed by atoms with Crippen molar-refractivity contribution in [3.63, 3.8) is 0 Å². The van der Waals surface area contributed by atoms with Crippen LogP contribution in [0.25, 0.3) is 0 Å². The van der Waals surface area contributed by atoms with Crippen molar-refractivity contribution in [2.75, 3.05) is 18.4 Å². The minimum Gasteiger partial charge on any atom is -0.373 e. The Balaban J connectivity index is 1.63. The molecule has 25 heavy (non-hydrogen) atoms. The van der Waals surface area contributed by atoms with Gasteiger partial charge < -0.3 is 4.74 Å². The van der Waals surface area contributed by atoms with E-state index in [1.807, 2.05) is 5.38 Å². The van der Waals surface area contributed by atoms with Gasteiger partial charge in [0.05, 0.1) is 33.5 Å². The molecule has 0 aliphatic carbocycles. The number of nitrogens with zero attached hydrogens (tertiary/aromatic N) is 2. The summed E-state index contributed by atoms with van der Waals surface area (Å²) in [5.41, 5.74) is 1.26. The van der Waals surface area contributed by atoms with Crippen molar-refractivity contribution in [2.24, 2.45) is 0 Å². The Hall–Kier alpha value is -1.18. The number of morpholine rings is 1. The van der Waals surface area contributed by atoms with Crippen LogP contribution in [0.4, 0.5) is 5.13 Å². The van der Waals surface area contributed by atoms with Crippen LogP contribution in [0.15, 0.2) is 23.6 Å². The molecule has 1 N–H and O–H groups in total. The number of hydrogen-bond donors (Lipinski definition) is 1. The van der Waals surface area contributed by atoms with Gasteiger partial charge in [0, 0.05) is 25.0 Å². The number of aromatic nitrogens is 1. The van der Waals surface area contributed by atoms with E-state index in [0.717, 1.165) is 25.3 Å². The van der Waals surface area contributed by atoms with E-state index in [1.165, 1.54) is 11.3 Å². The van der Waals surface area contributed by atoms with E-state index in [0.29, 0.717) is 15.7 Å². The number of nitrogens with one attached hydrogen (secondary N) is 1. The maximum Gasteiger partial charge on any atom is 0.259 e. The normalized spacial score (nSPS) is 21.3. The monoisotopic (exact) mass is 399 g/mol. The summed E-state index contributed by atoms with van der Waals surface area (Å²) in [6, 6.07) is 4.97. The molecule has 134 valence electrons. The molecule has 3 rings (SSSR count). The van der Waals surface area contributed by atoms with Gasteiger partial charge in [-0.3, -0.25) is 15.0 Å². The van der Waals surface area contributed by atoms with E-state index < -0.39 is 0 Å². The predicted molar refractivity (Wildman–Crippen MR) is 102 cm³/mol. The Morgan fingerprint density at radius 2 is 2.08 bits per heavy atom. The first-order chi connectivity index (χ1) is 11.9. The molecule has 1 aromatic heterocycles. The number of thiazole rings is 1. The van der Waals surface area contributed by atoms with Gasteiger partial charge in [0.2, 0.25) is 0 Å². The molecule has 8 heteroatoms. The van der Waals surface area contributed by atoms with Crippen LogP contribution in [0, 0.1) is 0 Å². The molecule has 1 fully saturated rings. The van der Waals surface area contributed by atoms with Gasteiger partial charge in [0.1, 0.15) is 0 Å². The number of amides is 1. The minimum absolute atomic E-state index is 0.214. The van der Waals surface area contributed by atoms with Crippen LogP contribution >= 0.6 is 34.5 Å². The zero-order valence-electron chi connectivity index (χ0n) is 14.0. The number of carbonyl (C=O) groups excluding carboxylic acids is 1. The average molecular weight is 400 g/mol. The summed E-state index contributed by atoms with van der Waals surface area (Å²) < 4.78 is 5.74. The third-order valence-corrected chi connectivity index (χ3v) is 5.47. The lowest BCUT2D eigenvalue weighted by Gasteiger charge is -2.34. The van der Waals surface area contributed by atoms with E-state index in [4.69, 9.17) is 27.9 Å². The lowest BCUT2D eigenvalue weighted by molar-refractivity contribution is -0.0707. The second-order valence-corrected chi connectivity index (χ2v) is 7.79. The predicted octanol–water partition coefficient (Wildman–Crippen LogP) is 4.31. The number of hydrogen-bond acceptors (Lipinski definition) is 5. The fraction of sp³-hybridized carbons (Fsp3) is 0.412. The Labute approximate surface area is 160 Å². The minimum atomic E-state index is -0.318. The van der Waals surface area contributed by atoms with Crippen LogP contribution in [-0.4, -0.2) is 41.1 Å². The molecule has 5 nitrogen and oxygen atoms in total. The second kappa shape index (κ2) is 8.01. The number of halogens is 2. The van der Waals surface area contributed by atoms with Gasteiger partial charge >= 0.3 is 0 Å². The quantitative estimate of drug-likeness (QED) is 0.831. The Morgan fingerprint density at radius 3 is 2.80 bits per heavy atom. The van der Waals surface area contributed by atoms with Gasteiger partial charge in [0.25, 0.3) is 5.91 Å². The summed E-state index contributed by atoms with van der Waals surface area (Å²) in [5.74, 6) is -0.318. The molecule has 1 saturated heterocycles. The molecular formula is C17H19Cl2N3O2S. The van der Waals surface area contributed by atoms with Crippen molar-refractivity contribution >= 4 is 45.6 Å². The van der Waals surface area contributed by atoms with Gasteiger partial charge in [-0.25, -0.2) is 4.98 Å². The molecule has 0 unspecified atom stereocenters. The van der Waals surface area contributed by atoms with Crippen molar-refractivity contribution in [3.8, 4) is 0 Å². The first kappa shape index (κ1) is 18.6. The zero-order chi connectivity index (χ0) is 18.0. The molecule has 0 bridgehead atoms. The van der Waals surface area contributed by atoms with E-state index in [-0.39, 0.29) is 23.1 Å². The zero-order valence-corrected chi connectivity index (χ0v) is 16.3. The highest BCUT2D eigenvalue weighted by molar-refractivity contribution is 7.14. The maximum atomic E-state index is 12.4. The molecule has 2 atom stereocenters. The summed E-state index contributed by atoms with van der Waals surface area (Å²) >= 11 is 13.4. The average Bonchev–Trinajstić information content (AvgIpc) is 2.95. The van der Waals surface area contributed by atoms with Gasteiger partial charge in [-0.2, -0.15) is 0 Å². The van der Waals surface area contributed by atoms with Crippen LogP contribution in [0.1, 0.15) is 29.9 Å². The van der Waals surface area contributed by atoms with Crippen LogP contribution < -0.4 is 5.32 Å². The summed E-state index contributed by atoms with van der Waals surface area (Å²) in [6.07, 6.45) is 0.429. The van der Waals surface area contributed by atoms with E-state index in [9.17, 15) is 4.79 Å². The van der Waals surface area contributed by atoms with Gasteiger partial charge in [-0.15, -0.1) is 11.3 Å². The largest absolute Gasteiger partial charge is 0.373 e. The molecule has 1 aliphatic heterocycles. The van der Waals surface area contributed by atoms with Gasteiger partial charge in [-0.1, -0.05) is 29.3 Å². The molecule has 1 aromatic carbocycles. The van der Waals surface area contributed by atoms with Crippen molar-refractivity contribution in [3.05, 3.63) is 44.9 Å². The van der Waals surface area contributed by atoms with Crippen molar-refractivity contribution in [2.45, 2.75) is 32.6 Å². The summed E-state index contributed by atoms with van der Waals surface area (Å²) in [6.45, 7) is 6.64. The fourth-order valence-corrected chi connectivity index (χ4v) is 4.01. The number of anilines is 1. The standard InChI is InChI=1S/C17H19Cl2N3O2S/c1-10-6-22(7-11(2)24-10)8-12-9-25-17(20-12)21-16(23)13-4-3-5-14(18)15(13)19/h3-5,9-11H,6-8H2,1-2H3,(H,20,21,23)/t10-,11-/m0/s1. The molecular weight excluding hydrogens is 381 g/mol. The topological polar surface area (TPSA) is 54.5 Å². The molecule has 1 amide bonds. The lowest BCUT2D eigenvalue weighted by Crippen LogP contribution is -2.44. The second-order valence-electron chi connectivity index (χ2n) is 6.15. The highest BCUT2D eigenvalue weighted by Gasteiger charge is 2.23.